The molecule has 3 nitrogen and oxygen atoms in total. The van der Waals surface area contributed by atoms with Crippen LogP contribution in [0.15, 0.2) is 0 Å². The molecule has 0 aromatic carbocycles. The molecule has 0 aromatic heterocycles. The molecule has 2 aliphatic rings. The Balaban J connectivity index is 1.94. The maximum Gasteiger partial charge on any atom is 0.0866 e. The van der Waals surface area contributed by atoms with Crippen LogP contribution in [0.3, 0.4) is 0 Å². The van der Waals surface area contributed by atoms with Crippen molar-refractivity contribution in [1.29, 1.82) is 5.26 Å². The lowest BCUT2D eigenvalue weighted by atomic mass is 9.92. The van der Waals surface area contributed by atoms with Crippen LogP contribution in [0.5, 0.6) is 0 Å². The van der Waals surface area contributed by atoms with Crippen LogP contribution in [0.2, 0.25) is 0 Å². The molecule has 0 N–H and O–H groups in total. The van der Waals surface area contributed by atoms with Crippen molar-refractivity contribution >= 4 is 0 Å². The van der Waals surface area contributed by atoms with Crippen molar-refractivity contribution in [2.24, 2.45) is 5.92 Å². The van der Waals surface area contributed by atoms with Crippen molar-refractivity contribution in [1.82, 2.24) is 9.80 Å². The third-order valence-corrected chi connectivity index (χ3v) is 3.52. The first-order chi connectivity index (χ1) is 6.31. The van der Waals surface area contributed by atoms with Crippen molar-refractivity contribution in [3.8, 4) is 6.07 Å². The Bertz CT molecular complexity index is 221. The predicted molar refractivity (Wildman–Crippen MR) is 51.2 cm³/mol. The summed E-state index contributed by atoms with van der Waals surface area (Å²) in [5.41, 5.74) is 0. The second kappa shape index (κ2) is 3.65. The van der Waals surface area contributed by atoms with Gasteiger partial charge >= 0.3 is 0 Å². The highest BCUT2D eigenvalue weighted by atomic mass is 15.2. The lowest BCUT2D eigenvalue weighted by Crippen LogP contribution is -2.46. The SMILES string of the molecule is CN1CCC2CCN(CC#N)CC21. The number of nitriles is 1. The fraction of sp³-hybridized carbons (Fsp3) is 0.900. The summed E-state index contributed by atoms with van der Waals surface area (Å²) in [4.78, 5) is 4.73. The zero-order chi connectivity index (χ0) is 9.26. The molecule has 2 heterocycles. The molecule has 2 rings (SSSR count). The van der Waals surface area contributed by atoms with Gasteiger partial charge in [0.2, 0.25) is 0 Å². The Morgan fingerprint density at radius 3 is 2.92 bits per heavy atom. The van der Waals surface area contributed by atoms with E-state index in [2.05, 4.69) is 22.9 Å². The molecule has 2 fully saturated rings. The summed E-state index contributed by atoms with van der Waals surface area (Å²) in [6, 6.07) is 2.96. The van der Waals surface area contributed by atoms with E-state index in [1.54, 1.807) is 0 Å². The first-order valence-electron chi connectivity index (χ1n) is 5.11. The minimum Gasteiger partial charge on any atom is -0.302 e. The zero-order valence-electron chi connectivity index (χ0n) is 8.24. The molecular weight excluding hydrogens is 162 g/mol. The molecule has 2 aliphatic heterocycles. The van der Waals surface area contributed by atoms with Crippen LogP contribution in [0.4, 0.5) is 0 Å². The minimum absolute atomic E-state index is 0.608. The summed E-state index contributed by atoms with van der Waals surface area (Å²) < 4.78 is 0. The van der Waals surface area contributed by atoms with E-state index < -0.39 is 0 Å². The predicted octanol–water partition coefficient (Wildman–Crippen LogP) is 0.536. The van der Waals surface area contributed by atoms with E-state index in [9.17, 15) is 0 Å². The second-order valence-electron chi connectivity index (χ2n) is 4.28. The number of piperidine rings is 1. The molecule has 0 radical (unpaired) electrons. The number of likely N-dealkylation sites (tertiary alicyclic amines) is 2. The van der Waals surface area contributed by atoms with Crippen molar-refractivity contribution in [2.45, 2.75) is 18.9 Å². The van der Waals surface area contributed by atoms with Gasteiger partial charge in [0.1, 0.15) is 0 Å². The maximum absolute atomic E-state index is 8.62. The minimum atomic E-state index is 0.608. The van der Waals surface area contributed by atoms with Gasteiger partial charge in [-0.2, -0.15) is 5.26 Å². The standard InChI is InChI=1S/C10H17N3/c1-12-5-2-9-3-6-13(7-4-11)8-10(9)12/h9-10H,2-3,5-8H2,1H3. The molecular formula is C10H17N3. The van der Waals surface area contributed by atoms with Gasteiger partial charge in [0.15, 0.2) is 0 Å². The Kier molecular flexibility index (Phi) is 2.52. The van der Waals surface area contributed by atoms with Crippen LogP contribution in [0.1, 0.15) is 12.8 Å². The third-order valence-electron chi connectivity index (χ3n) is 3.52. The first-order valence-corrected chi connectivity index (χ1v) is 5.11. The smallest absolute Gasteiger partial charge is 0.0866 e. The summed E-state index contributed by atoms with van der Waals surface area (Å²) >= 11 is 0. The summed E-state index contributed by atoms with van der Waals surface area (Å²) in [6.07, 6.45) is 2.65. The van der Waals surface area contributed by atoms with Gasteiger partial charge in [-0.05, 0) is 38.9 Å². The van der Waals surface area contributed by atoms with E-state index in [-0.39, 0.29) is 0 Å². The number of nitrogens with zero attached hydrogens (tertiary/aromatic N) is 3. The van der Waals surface area contributed by atoms with Crippen LogP contribution in [-0.2, 0) is 0 Å². The largest absolute Gasteiger partial charge is 0.302 e. The Morgan fingerprint density at radius 1 is 1.38 bits per heavy atom. The van der Waals surface area contributed by atoms with Gasteiger partial charge in [-0.1, -0.05) is 0 Å². The van der Waals surface area contributed by atoms with Gasteiger partial charge in [0.05, 0.1) is 12.6 Å². The molecule has 2 unspecified atom stereocenters. The molecule has 13 heavy (non-hydrogen) atoms. The lowest BCUT2D eigenvalue weighted by Gasteiger charge is -2.36. The number of rotatable bonds is 1. The average molecular weight is 179 g/mol. The van der Waals surface area contributed by atoms with Crippen LogP contribution in [0, 0.1) is 17.2 Å². The van der Waals surface area contributed by atoms with Crippen molar-refractivity contribution in [3.63, 3.8) is 0 Å². The highest BCUT2D eigenvalue weighted by Gasteiger charge is 2.35. The molecule has 0 spiro atoms. The van der Waals surface area contributed by atoms with Gasteiger partial charge in [0, 0.05) is 12.6 Å². The Hall–Kier alpha value is -0.590. The van der Waals surface area contributed by atoms with E-state index in [4.69, 9.17) is 5.26 Å². The van der Waals surface area contributed by atoms with E-state index in [1.807, 2.05) is 0 Å². The highest BCUT2D eigenvalue weighted by molar-refractivity contribution is 4.93. The van der Waals surface area contributed by atoms with E-state index in [1.165, 1.54) is 19.4 Å². The maximum atomic E-state index is 8.62. The van der Waals surface area contributed by atoms with Gasteiger partial charge in [-0.25, -0.2) is 0 Å². The van der Waals surface area contributed by atoms with Gasteiger partial charge < -0.3 is 4.90 Å². The quantitative estimate of drug-likeness (QED) is 0.550. The number of hydrogen-bond donors (Lipinski definition) is 0. The monoisotopic (exact) mass is 179 g/mol. The summed E-state index contributed by atoms with van der Waals surface area (Å²) in [5.74, 6) is 0.903. The molecule has 0 aromatic rings. The van der Waals surface area contributed by atoms with Crippen LogP contribution < -0.4 is 0 Å². The fourth-order valence-corrected chi connectivity index (χ4v) is 2.66. The third kappa shape index (κ3) is 1.70. The molecule has 2 saturated heterocycles. The van der Waals surface area contributed by atoms with Crippen LogP contribution in [0.25, 0.3) is 0 Å². The molecule has 2 atom stereocenters. The summed E-state index contributed by atoms with van der Waals surface area (Å²) in [5, 5.41) is 8.62. The zero-order valence-corrected chi connectivity index (χ0v) is 8.24. The first kappa shape index (κ1) is 8.98. The normalized spacial score (nSPS) is 35.7. The average Bonchev–Trinajstić information content (AvgIpc) is 2.49. The Morgan fingerprint density at radius 2 is 2.15 bits per heavy atom. The topological polar surface area (TPSA) is 30.3 Å². The lowest BCUT2D eigenvalue weighted by molar-refractivity contribution is 0.130. The number of likely N-dealkylation sites (N-methyl/N-ethyl adjacent to an activating group) is 1. The number of fused-ring (bicyclic) bond motifs is 1. The van der Waals surface area contributed by atoms with E-state index in [0.29, 0.717) is 6.54 Å². The second-order valence-corrected chi connectivity index (χ2v) is 4.28. The fourth-order valence-electron chi connectivity index (χ4n) is 2.66. The molecule has 0 bridgehead atoms. The molecule has 0 saturated carbocycles. The molecule has 72 valence electrons. The van der Waals surface area contributed by atoms with E-state index in [0.717, 1.165) is 25.0 Å². The Labute approximate surface area is 79.9 Å². The van der Waals surface area contributed by atoms with E-state index >= 15 is 0 Å². The molecule has 0 aliphatic carbocycles. The summed E-state index contributed by atoms with van der Waals surface area (Å²) in [7, 11) is 2.21. The van der Waals surface area contributed by atoms with Gasteiger partial charge in [-0.15, -0.1) is 0 Å². The molecule has 0 amide bonds. The van der Waals surface area contributed by atoms with Crippen LogP contribution in [-0.4, -0.2) is 49.1 Å². The van der Waals surface area contributed by atoms with Crippen LogP contribution >= 0.6 is 0 Å². The number of hydrogen-bond acceptors (Lipinski definition) is 3. The molecule has 3 heteroatoms. The van der Waals surface area contributed by atoms with Crippen molar-refractivity contribution < 1.29 is 0 Å². The van der Waals surface area contributed by atoms with Gasteiger partial charge in [-0.3, -0.25) is 4.90 Å². The summed E-state index contributed by atoms with van der Waals surface area (Å²) in [6.45, 7) is 4.09. The van der Waals surface area contributed by atoms with Gasteiger partial charge in [0.25, 0.3) is 0 Å². The van der Waals surface area contributed by atoms with Crippen molar-refractivity contribution in [3.05, 3.63) is 0 Å². The van der Waals surface area contributed by atoms with Crippen molar-refractivity contribution in [2.75, 3.05) is 33.2 Å². The highest BCUT2D eigenvalue weighted by Crippen LogP contribution is 2.29.